The van der Waals surface area contributed by atoms with Crippen molar-refractivity contribution in [2.75, 3.05) is 0 Å². The lowest BCUT2D eigenvalue weighted by atomic mass is 10.4. The van der Waals surface area contributed by atoms with Crippen molar-refractivity contribution in [1.29, 1.82) is 0 Å². The summed E-state index contributed by atoms with van der Waals surface area (Å²) < 4.78 is 0. The number of carbonyl (C=O) groups is 1. The van der Waals surface area contributed by atoms with Gasteiger partial charge in [-0.25, -0.2) is 4.98 Å². The van der Waals surface area contributed by atoms with Crippen molar-refractivity contribution >= 4 is 5.97 Å². The number of aliphatic carboxylic acids is 1. The van der Waals surface area contributed by atoms with Crippen molar-refractivity contribution in [1.82, 2.24) is 9.97 Å². The molecule has 0 atom stereocenters. The first-order valence-electron chi connectivity index (χ1n) is 3.20. The number of nitrogens with one attached hydrogen (secondary N) is 1. The summed E-state index contributed by atoms with van der Waals surface area (Å²) in [6.07, 6.45) is 1.70. The van der Waals surface area contributed by atoms with E-state index >= 15 is 0 Å². The fourth-order valence-electron chi connectivity index (χ4n) is 0.427. The van der Waals surface area contributed by atoms with E-state index in [9.17, 15) is 0 Å². The Bertz CT molecular complexity index is 210. The second kappa shape index (κ2) is 4.49. The van der Waals surface area contributed by atoms with Crippen LogP contribution in [0.4, 0.5) is 0 Å². The van der Waals surface area contributed by atoms with Gasteiger partial charge in [-0.15, -0.1) is 0 Å². The second-order valence-corrected chi connectivity index (χ2v) is 2.13. The Morgan fingerprint density at radius 1 is 1.64 bits per heavy atom. The van der Waals surface area contributed by atoms with Gasteiger partial charge < -0.3 is 10.1 Å². The van der Waals surface area contributed by atoms with Crippen LogP contribution in [0.25, 0.3) is 0 Å². The summed E-state index contributed by atoms with van der Waals surface area (Å²) >= 11 is 0. The molecule has 0 aliphatic rings. The number of aromatic amines is 1. The molecule has 4 nitrogen and oxygen atoms in total. The molecule has 1 aromatic rings. The number of hydrogen-bond donors (Lipinski definition) is 2. The quantitative estimate of drug-likeness (QED) is 0.591. The van der Waals surface area contributed by atoms with Gasteiger partial charge in [0.1, 0.15) is 0 Å². The van der Waals surface area contributed by atoms with E-state index in [1.54, 1.807) is 6.33 Å². The first-order chi connectivity index (χ1) is 5.04. The lowest BCUT2D eigenvalue weighted by molar-refractivity contribution is -0.134. The van der Waals surface area contributed by atoms with Crippen molar-refractivity contribution in [3.05, 3.63) is 17.7 Å². The number of imidazole rings is 1. The Hall–Kier alpha value is -1.32. The van der Waals surface area contributed by atoms with Crippen LogP contribution in [-0.2, 0) is 4.79 Å². The normalized spacial score (nSPS) is 8.27. The first-order valence-corrected chi connectivity index (χ1v) is 3.20. The number of H-pyrrole nitrogens is 1. The van der Waals surface area contributed by atoms with E-state index < -0.39 is 5.97 Å². The summed E-state index contributed by atoms with van der Waals surface area (Å²) in [4.78, 5) is 15.9. The second-order valence-electron chi connectivity index (χ2n) is 2.13. The smallest absolute Gasteiger partial charge is 0.300 e. The molecule has 1 rings (SSSR count). The highest BCUT2D eigenvalue weighted by Crippen LogP contribution is 1.94. The van der Waals surface area contributed by atoms with Gasteiger partial charge in [0.15, 0.2) is 0 Å². The summed E-state index contributed by atoms with van der Waals surface area (Å²) in [5, 5.41) is 7.42. The van der Waals surface area contributed by atoms with Crippen molar-refractivity contribution in [2.24, 2.45) is 0 Å². The Labute approximate surface area is 65.3 Å². The molecule has 4 heteroatoms. The third-order valence-corrected chi connectivity index (χ3v) is 1.08. The van der Waals surface area contributed by atoms with E-state index in [4.69, 9.17) is 9.90 Å². The van der Waals surface area contributed by atoms with Gasteiger partial charge in [0.05, 0.1) is 12.0 Å². The Morgan fingerprint density at radius 3 is 2.18 bits per heavy atom. The van der Waals surface area contributed by atoms with Crippen LogP contribution in [0, 0.1) is 13.8 Å². The zero-order chi connectivity index (χ0) is 8.85. The van der Waals surface area contributed by atoms with E-state index in [2.05, 4.69) is 9.97 Å². The topological polar surface area (TPSA) is 66.0 Å². The van der Waals surface area contributed by atoms with Gasteiger partial charge >= 0.3 is 0 Å². The Morgan fingerprint density at radius 2 is 2.09 bits per heavy atom. The van der Waals surface area contributed by atoms with Crippen LogP contribution in [0.3, 0.4) is 0 Å². The largest absolute Gasteiger partial charge is 0.481 e. The average molecular weight is 156 g/mol. The number of aryl methyl sites for hydroxylation is 2. The molecule has 0 aromatic carbocycles. The number of hydrogen-bond acceptors (Lipinski definition) is 2. The van der Waals surface area contributed by atoms with Crippen LogP contribution in [0.1, 0.15) is 18.3 Å². The summed E-state index contributed by atoms with van der Waals surface area (Å²) in [5.41, 5.74) is 2.24. The zero-order valence-electron chi connectivity index (χ0n) is 6.88. The van der Waals surface area contributed by atoms with E-state index in [-0.39, 0.29) is 0 Å². The molecular weight excluding hydrogens is 144 g/mol. The number of nitrogens with zero attached hydrogens (tertiary/aromatic N) is 1. The highest BCUT2D eigenvalue weighted by molar-refractivity contribution is 5.62. The molecule has 0 saturated heterocycles. The molecule has 1 heterocycles. The van der Waals surface area contributed by atoms with Gasteiger partial charge in [0, 0.05) is 12.6 Å². The summed E-state index contributed by atoms with van der Waals surface area (Å²) in [6, 6.07) is 0. The predicted molar refractivity (Wildman–Crippen MR) is 41.4 cm³/mol. The van der Waals surface area contributed by atoms with Crippen molar-refractivity contribution in [2.45, 2.75) is 20.8 Å². The minimum atomic E-state index is -0.833. The van der Waals surface area contributed by atoms with Crippen molar-refractivity contribution in [3.63, 3.8) is 0 Å². The van der Waals surface area contributed by atoms with Crippen LogP contribution in [-0.4, -0.2) is 21.0 Å². The monoisotopic (exact) mass is 156 g/mol. The molecular formula is C7H12N2O2. The number of aromatic nitrogens is 2. The number of carboxylic acids is 1. The van der Waals surface area contributed by atoms with E-state index in [0.29, 0.717) is 0 Å². The Balaban J connectivity index is 0.000000218. The van der Waals surface area contributed by atoms with Crippen LogP contribution in [0.2, 0.25) is 0 Å². The van der Waals surface area contributed by atoms with Crippen molar-refractivity contribution in [3.8, 4) is 0 Å². The standard InChI is InChI=1S/C5H8N2.C2H4O2/c1-4-5(2)7-3-6-4;1-2(3)4/h3H,1-2H3,(H,6,7);1H3,(H,3,4). The molecule has 0 saturated carbocycles. The van der Waals surface area contributed by atoms with Crippen molar-refractivity contribution < 1.29 is 9.90 Å². The van der Waals surface area contributed by atoms with E-state index in [0.717, 1.165) is 18.3 Å². The molecule has 1 aromatic heterocycles. The lowest BCUT2D eigenvalue weighted by Gasteiger charge is -1.79. The maximum atomic E-state index is 9.00. The maximum absolute atomic E-state index is 9.00. The minimum absolute atomic E-state index is 0.833. The fraction of sp³-hybridized carbons (Fsp3) is 0.429. The van der Waals surface area contributed by atoms with Gasteiger partial charge in [0.25, 0.3) is 5.97 Å². The predicted octanol–water partition coefficient (Wildman–Crippen LogP) is 1.12. The first kappa shape index (κ1) is 9.68. The molecule has 0 aliphatic carbocycles. The molecule has 0 spiro atoms. The Kier molecular flexibility index (Phi) is 3.95. The molecule has 2 N–H and O–H groups in total. The minimum Gasteiger partial charge on any atom is -0.481 e. The van der Waals surface area contributed by atoms with Crippen LogP contribution < -0.4 is 0 Å². The SMILES string of the molecule is CC(=O)O.Cc1nc[nH]c1C. The fourth-order valence-corrected chi connectivity index (χ4v) is 0.427. The molecule has 11 heavy (non-hydrogen) atoms. The third kappa shape index (κ3) is 5.14. The van der Waals surface area contributed by atoms with Gasteiger partial charge in [-0.2, -0.15) is 0 Å². The molecule has 0 unspecified atom stereocenters. The summed E-state index contributed by atoms with van der Waals surface area (Å²) in [7, 11) is 0. The zero-order valence-corrected chi connectivity index (χ0v) is 6.88. The molecule has 0 fully saturated rings. The number of rotatable bonds is 0. The van der Waals surface area contributed by atoms with E-state index in [1.165, 1.54) is 0 Å². The lowest BCUT2D eigenvalue weighted by Crippen LogP contribution is -1.78. The molecule has 0 amide bonds. The third-order valence-electron chi connectivity index (χ3n) is 1.08. The summed E-state index contributed by atoms with van der Waals surface area (Å²) in [5.74, 6) is -0.833. The van der Waals surface area contributed by atoms with Crippen LogP contribution in [0.15, 0.2) is 6.33 Å². The highest BCUT2D eigenvalue weighted by Gasteiger charge is 1.87. The number of carboxylic acid groups (broad SMARTS) is 1. The average Bonchev–Trinajstić information content (AvgIpc) is 2.15. The van der Waals surface area contributed by atoms with Gasteiger partial charge in [-0.05, 0) is 13.8 Å². The van der Waals surface area contributed by atoms with Gasteiger partial charge in [-0.3, -0.25) is 4.79 Å². The van der Waals surface area contributed by atoms with Gasteiger partial charge in [0.2, 0.25) is 0 Å². The molecule has 0 radical (unpaired) electrons. The van der Waals surface area contributed by atoms with Crippen LogP contribution >= 0.6 is 0 Å². The maximum Gasteiger partial charge on any atom is 0.300 e. The van der Waals surface area contributed by atoms with Gasteiger partial charge in [-0.1, -0.05) is 0 Å². The molecule has 0 bridgehead atoms. The molecule has 0 aliphatic heterocycles. The summed E-state index contributed by atoms with van der Waals surface area (Å²) in [6.45, 7) is 5.06. The molecule has 62 valence electrons. The highest BCUT2D eigenvalue weighted by atomic mass is 16.4. The van der Waals surface area contributed by atoms with E-state index in [1.807, 2.05) is 13.8 Å². The van der Waals surface area contributed by atoms with Crippen LogP contribution in [0.5, 0.6) is 0 Å².